The van der Waals surface area contributed by atoms with Gasteiger partial charge in [0.25, 0.3) is 0 Å². The standard InChI is InChI=1S/C13H12Br3NO/c1-8(9-3-2-4-10(14)5-9)17-7-11-6-12(15)13(16)18-11/h2-6,8,17H,7H2,1H3/t8-/m1/s1. The molecule has 5 heteroatoms. The van der Waals surface area contributed by atoms with Crippen molar-refractivity contribution in [1.82, 2.24) is 5.32 Å². The molecule has 2 nitrogen and oxygen atoms in total. The van der Waals surface area contributed by atoms with Gasteiger partial charge in [0.2, 0.25) is 0 Å². The minimum Gasteiger partial charge on any atom is -0.452 e. The minimum absolute atomic E-state index is 0.269. The molecule has 0 saturated carbocycles. The quantitative estimate of drug-likeness (QED) is 0.691. The molecule has 0 aliphatic heterocycles. The SMILES string of the molecule is C[C@@H](NCc1cc(Br)c(Br)o1)c1cccc(Br)c1. The first-order valence-corrected chi connectivity index (χ1v) is 7.86. The number of halogens is 3. The van der Waals surface area contributed by atoms with E-state index in [0.717, 1.165) is 19.4 Å². The average molecular weight is 438 g/mol. The van der Waals surface area contributed by atoms with Gasteiger partial charge in [0.1, 0.15) is 5.76 Å². The van der Waals surface area contributed by atoms with Gasteiger partial charge in [-0.05, 0) is 62.5 Å². The van der Waals surface area contributed by atoms with Gasteiger partial charge in [0.05, 0.1) is 11.0 Å². The van der Waals surface area contributed by atoms with Gasteiger partial charge in [-0.25, -0.2) is 0 Å². The molecule has 0 spiro atoms. The molecule has 0 fully saturated rings. The molecule has 0 bridgehead atoms. The van der Waals surface area contributed by atoms with E-state index in [-0.39, 0.29) is 6.04 Å². The van der Waals surface area contributed by atoms with E-state index in [1.54, 1.807) is 0 Å². The summed E-state index contributed by atoms with van der Waals surface area (Å²) in [6, 6.07) is 10.5. The molecule has 1 atom stereocenters. The fourth-order valence-electron chi connectivity index (χ4n) is 1.63. The molecule has 2 rings (SSSR count). The maximum Gasteiger partial charge on any atom is 0.183 e. The van der Waals surface area contributed by atoms with Gasteiger partial charge in [0, 0.05) is 10.5 Å². The number of benzene rings is 1. The number of rotatable bonds is 4. The van der Waals surface area contributed by atoms with Crippen molar-refractivity contribution >= 4 is 47.8 Å². The van der Waals surface area contributed by atoms with Crippen LogP contribution in [0.15, 0.2) is 48.4 Å². The minimum atomic E-state index is 0.269. The Morgan fingerprint density at radius 2 is 2.00 bits per heavy atom. The Morgan fingerprint density at radius 3 is 2.61 bits per heavy atom. The summed E-state index contributed by atoms with van der Waals surface area (Å²) in [6.07, 6.45) is 0. The summed E-state index contributed by atoms with van der Waals surface area (Å²) < 4.78 is 8.29. The lowest BCUT2D eigenvalue weighted by atomic mass is 10.1. The van der Waals surface area contributed by atoms with Gasteiger partial charge in [-0.1, -0.05) is 28.1 Å². The lowest BCUT2D eigenvalue weighted by Gasteiger charge is -2.13. The highest BCUT2D eigenvalue weighted by molar-refractivity contribution is 9.13. The van der Waals surface area contributed by atoms with Crippen molar-refractivity contribution in [3.05, 3.63) is 55.3 Å². The fraction of sp³-hybridized carbons (Fsp3) is 0.231. The molecule has 18 heavy (non-hydrogen) atoms. The number of hydrogen-bond donors (Lipinski definition) is 1. The highest BCUT2D eigenvalue weighted by atomic mass is 79.9. The highest BCUT2D eigenvalue weighted by Gasteiger charge is 2.09. The summed E-state index contributed by atoms with van der Waals surface area (Å²) in [7, 11) is 0. The monoisotopic (exact) mass is 435 g/mol. The van der Waals surface area contributed by atoms with E-state index < -0.39 is 0 Å². The van der Waals surface area contributed by atoms with Crippen molar-refractivity contribution in [1.29, 1.82) is 0 Å². The van der Waals surface area contributed by atoms with Crippen molar-refractivity contribution in [2.75, 3.05) is 0 Å². The third-order valence-electron chi connectivity index (χ3n) is 2.63. The van der Waals surface area contributed by atoms with E-state index >= 15 is 0 Å². The molecule has 2 aromatic rings. The van der Waals surface area contributed by atoms with Crippen LogP contribution in [0.3, 0.4) is 0 Å². The topological polar surface area (TPSA) is 25.2 Å². The maximum absolute atomic E-state index is 5.52. The Hall–Kier alpha value is -0.100. The molecule has 0 radical (unpaired) electrons. The van der Waals surface area contributed by atoms with E-state index in [1.165, 1.54) is 5.56 Å². The van der Waals surface area contributed by atoms with Crippen LogP contribution in [0.5, 0.6) is 0 Å². The summed E-state index contributed by atoms with van der Waals surface area (Å²) in [4.78, 5) is 0. The van der Waals surface area contributed by atoms with Crippen LogP contribution in [0, 0.1) is 0 Å². The molecule has 1 N–H and O–H groups in total. The molecule has 0 amide bonds. The van der Waals surface area contributed by atoms with E-state index in [0.29, 0.717) is 6.54 Å². The fourth-order valence-corrected chi connectivity index (χ4v) is 2.70. The van der Waals surface area contributed by atoms with E-state index in [9.17, 15) is 0 Å². The van der Waals surface area contributed by atoms with Gasteiger partial charge in [-0.15, -0.1) is 0 Å². The summed E-state index contributed by atoms with van der Waals surface area (Å²) in [5.41, 5.74) is 1.24. The van der Waals surface area contributed by atoms with Crippen LogP contribution in [-0.4, -0.2) is 0 Å². The second kappa shape index (κ2) is 6.37. The zero-order chi connectivity index (χ0) is 13.1. The molecule has 0 unspecified atom stereocenters. The molecule has 0 aliphatic carbocycles. The predicted molar refractivity (Wildman–Crippen MR) is 83.5 cm³/mol. The first-order chi connectivity index (χ1) is 8.56. The van der Waals surface area contributed by atoms with Gasteiger partial charge in [-0.2, -0.15) is 0 Å². The average Bonchev–Trinajstić information content (AvgIpc) is 2.66. The van der Waals surface area contributed by atoms with Crippen LogP contribution in [0.4, 0.5) is 0 Å². The van der Waals surface area contributed by atoms with Crippen LogP contribution >= 0.6 is 47.8 Å². The van der Waals surface area contributed by atoms with Crippen LogP contribution in [0.25, 0.3) is 0 Å². The van der Waals surface area contributed by atoms with Crippen molar-refractivity contribution in [2.45, 2.75) is 19.5 Å². The van der Waals surface area contributed by atoms with Gasteiger partial charge in [-0.3, -0.25) is 0 Å². The summed E-state index contributed by atoms with van der Waals surface area (Å²) >= 11 is 10.2. The van der Waals surface area contributed by atoms with Gasteiger partial charge < -0.3 is 9.73 Å². The van der Waals surface area contributed by atoms with Gasteiger partial charge >= 0.3 is 0 Å². The lowest BCUT2D eigenvalue weighted by molar-refractivity contribution is 0.446. The molecular formula is C13H12Br3NO. The highest BCUT2D eigenvalue weighted by Crippen LogP contribution is 2.27. The first-order valence-electron chi connectivity index (χ1n) is 5.49. The van der Waals surface area contributed by atoms with Crippen molar-refractivity contribution in [3.8, 4) is 0 Å². The third kappa shape index (κ3) is 3.70. The summed E-state index contributed by atoms with van der Waals surface area (Å²) in [6.45, 7) is 2.83. The molecule has 1 heterocycles. The Bertz CT molecular complexity index is 519. The van der Waals surface area contributed by atoms with E-state index in [2.05, 4.69) is 72.2 Å². The number of hydrogen-bond acceptors (Lipinski definition) is 2. The smallest absolute Gasteiger partial charge is 0.183 e. The van der Waals surface area contributed by atoms with Crippen LogP contribution < -0.4 is 5.32 Å². The Morgan fingerprint density at radius 1 is 1.22 bits per heavy atom. The third-order valence-corrected chi connectivity index (χ3v) is 4.83. The molecule has 1 aromatic heterocycles. The van der Waals surface area contributed by atoms with Gasteiger partial charge in [0.15, 0.2) is 4.67 Å². The van der Waals surface area contributed by atoms with Crippen LogP contribution in [0.1, 0.15) is 24.3 Å². The molecule has 0 aliphatic rings. The van der Waals surface area contributed by atoms with Crippen LogP contribution in [-0.2, 0) is 6.54 Å². The zero-order valence-corrected chi connectivity index (χ0v) is 14.5. The second-order valence-corrected chi connectivity index (χ2v) is 6.48. The van der Waals surface area contributed by atoms with E-state index in [4.69, 9.17) is 4.42 Å². The maximum atomic E-state index is 5.52. The van der Waals surface area contributed by atoms with Crippen molar-refractivity contribution in [3.63, 3.8) is 0 Å². The lowest BCUT2D eigenvalue weighted by Crippen LogP contribution is -2.17. The summed E-state index contributed by atoms with van der Waals surface area (Å²) in [5.74, 6) is 0.899. The number of nitrogens with one attached hydrogen (secondary N) is 1. The molecule has 96 valence electrons. The van der Waals surface area contributed by atoms with Crippen LogP contribution in [0.2, 0.25) is 0 Å². The zero-order valence-electron chi connectivity index (χ0n) is 9.71. The molecular weight excluding hydrogens is 426 g/mol. The first kappa shape index (κ1) is 14.3. The normalized spacial score (nSPS) is 12.7. The molecule has 1 aromatic carbocycles. The second-order valence-electron chi connectivity index (χ2n) is 3.99. The largest absolute Gasteiger partial charge is 0.452 e. The molecule has 0 saturated heterocycles. The van der Waals surface area contributed by atoms with Crippen molar-refractivity contribution in [2.24, 2.45) is 0 Å². The Kier molecular flexibility index (Phi) is 5.06. The summed E-state index contributed by atoms with van der Waals surface area (Å²) in [5, 5.41) is 3.43. The Labute approximate surface area is 132 Å². The predicted octanol–water partition coefficient (Wildman–Crippen LogP) is 5.42. The van der Waals surface area contributed by atoms with E-state index in [1.807, 2.05) is 18.2 Å². The van der Waals surface area contributed by atoms with Crippen molar-refractivity contribution < 1.29 is 4.42 Å². The Balaban J connectivity index is 1.98. The number of furan rings is 1.